The fraction of sp³-hybridized carbons (Fsp3) is 0.286. The third-order valence-electron chi connectivity index (χ3n) is 3.16. The van der Waals surface area contributed by atoms with E-state index >= 15 is 0 Å². The van der Waals surface area contributed by atoms with Gasteiger partial charge in [0, 0.05) is 6.42 Å². The van der Waals surface area contributed by atoms with Gasteiger partial charge in [-0.15, -0.1) is 10.2 Å². The average Bonchev–Trinajstić information content (AvgIpc) is 3.28. The van der Waals surface area contributed by atoms with Crippen LogP contribution in [0.5, 0.6) is 0 Å². The highest BCUT2D eigenvalue weighted by molar-refractivity contribution is 7.99. The van der Waals surface area contributed by atoms with Crippen LogP contribution in [0.15, 0.2) is 35.5 Å². The lowest BCUT2D eigenvalue weighted by Gasteiger charge is -2.05. The van der Waals surface area contributed by atoms with Gasteiger partial charge >= 0.3 is 0 Å². The highest BCUT2D eigenvalue weighted by Crippen LogP contribution is 2.12. The molecule has 0 saturated heterocycles. The zero-order chi connectivity index (χ0) is 16.8. The number of aromatic nitrogens is 7. The van der Waals surface area contributed by atoms with E-state index in [1.165, 1.54) is 11.8 Å². The van der Waals surface area contributed by atoms with E-state index in [0.717, 1.165) is 17.9 Å². The van der Waals surface area contributed by atoms with Crippen molar-refractivity contribution in [1.29, 1.82) is 0 Å². The second-order valence-electron chi connectivity index (χ2n) is 4.83. The van der Waals surface area contributed by atoms with Gasteiger partial charge in [-0.05, 0) is 22.6 Å². The fourth-order valence-electron chi connectivity index (χ4n) is 1.94. The number of carbonyl (C=O) groups excluding carboxylic acids is 1. The number of aromatic amines is 1. The molecule has 2 heterocycles. The van der Waals surface area contributed by atoms with Crippen LogP contribution < -0.4 is 5.32 Å². The molecule has 2 N–H and O–H groups in total. The lowest BCUT2D eigenvalue weighted by molar-refractivity contribution is -0.118. The molecule has 124 valence electrons. The zero-order valence-corrected chi connectivity index (χ0v) is 13.8. The first kappa shape index (κ1) is 16.1. The van der Waals surface area contributed by atoms with Crippen LogP contribution >= 0.6 is 11.8 Å². The number of thioether (sulfide) groups is 1. The Balaban J connectivity index is 1.53. The molecule has 0 aliphatic carbocycles. The number of hydrogen-bond acceptors (Lipinski definition) is 7. The second-order valence-corrected chi connectivity index (χ2v) is 5.77. The molecule has 3 rings (SSSR count). The van der Waals surface area contributed by atoms with E-state index in [9.17, 15) is 4.79 Å². The third kappa shape index (κ3) is 3.96. The van der Waals surface area contributed by atoms with E-state index in [0.29, 0.717) is 11.0 Å². The van der Waals surface area contributed by atoms with Gasteiger partial charge in [-0.1, -0.05) is 36.9 Å². The van der Waals surface area contributed by atoms with Gasteiger partial charge in [-0.3, -0.25) is 9.89 Å². The summed E-state index contributed by atoms with van der Waals surface area (Å²) in [5.74, 6) is 1.46. The number of rotatable bonds is 7. The Labute approximate surface area is 142 Å². The number of hydrogen-bond donors (Lipinski definition) is 2. The molecule has 1 amide bonds. The molecular formula is C14H16N8OS. The monoisotopic (exact) mass is 344 g/mol. The molecule has 0 unspecified atom stereocenters. The molecule has 0 spiro atoms. The molecule has 0 atom stereocenters. The van der Waals surface area contributed by atoms with Crippen molar-refractivity contribution in [3.8, 4) is 5.69 Å². The number of carbonyl (C=O) groups is 1. The topological polar surface area (TPSA) is 114 Å². The van der Waals surface area contributed by atoms with E-state index in [2.05, 4.69) is 36.0 Å². The van der Waals surface area contributed by atoms with Crippen LogP contribution in [-0.4, -0.2) is 47.0 Å². The lowest BCUT2D eigenvalue weighted by Crippen LogP contribution is -2.26. The van der Waals surface area contributed by atoms with Crippen molar-refractivity contribution in [2.24, 2.45) is 0 Å². The first-order chi connectivity index (χ1) is 11.8. The van der Waals surface area contributed by atoms with Crippen LogP contribution in [-0.2, 0) is 17.8 Å². The Morgan fingerprint density at radius 1 is 1.33 bits per heavy atom. The van der Waals surface area contributed by atoms with Gasteiger partial charge in [0.05, 0.1) is 18.0 Å². The molecule has 2 aromatic heterocycles. The highest BCUT2D eigenvalue weighted by Gasteiger charge is 2.11. The van der Waals surface area contributed by atoms with Crippen molar-refractivity contribution < 1.29 is 4.79 Å². The first-order valence-corrected chi connectivity index (χ1v) is 8.38. The largest absolute Gasteiger partial charge is 0.348 e. The van der Waals surface area contributed by atoms with Gasteiger partial charge in [-0.2, -0.15) is 4.68 Å². The van der Waals surface area contributed by atoms with Crippen LogP contribution in [0.2, 0.25) is 0 Å². The number of tetrazole rings is 1. The highest BCUT2D eigenvalue weighted by atomic mass is 32.2. The average molecular weight is 344 g/mol. The van der Waals surface area contributed by atoms with Crippen LogP contribution in [0.1, 0.15) is 18.6 Å². The number of benzene rings is 1. The van der Waals surface area contributed by atoms with Crippen molar-refractivity contribution in [3.63, 3.8) is 0 Å². The van der Waals surface area contributed by atoms with Gasteiger partial charge in [0.15, 0.2) is 5.82 Å². The van der Waals surface area contributed by atoms with Gasteiger partial charge in [-0.25, -0.2) is 4.98 Å². The molecule has 0 radical (unpaired) electrons. The summed E-state index contributed by atoms with van der Waals surface area (Å²) in [6.45, 7) is 2.23. The molecule has 10 heteroatoms. The Morgan fingerprint density at radius 2 is 2.17 bits per heavy atom. The minimum atomic E-state index is -0.134. The predicted octanol–water partition coefficient (Wildman–Crippen LogP) is 0.751. The maximum Gasteiger partial charge on any atom is 0.230 e. The molecule has 0 fully saturated rings. The summed E-state index contributed by atoms with van der Waals surface area (Å²) in [6, 6.07) is 9.51. The molecule has 0 aliphatic rings. The molecule has 1 aromatic carbocycles. The molecular weight excluding hydrogens is 328 g/mol. The van der Waals surface area contributed by atoms with Crippen molar-refractivity contribution in [2.75, 3.05) is 5.75 Å². The lowest BCUT2D eigenvalue weighted by atomic mass is 10.3. The van der Waals surface area contributed by atoms with Crippen molar-refractivity contribution in [2.45, 2.75) is 25.0 Å². The Morgan fingerprint density at radius 3 is 2.92 bits per heavy atom. The SMILES string of the molecule is CCc1nc(SCC(=O)NCc2nnnn2-c2ccccc2)n[nH]1. The van der Waals surface area contributed by atoms with E-state index in [-0.39, 0.29) is 18.2 Å². The maximum atomic E-state index is 12.0. The smallest absolute Gasteiger partial charge is 0.230 e. The van der Waals surface area contributed by atoms with Crippen LogP contribution in [0.25, 0.3) is 5.69 Å². The van der Waals surface area contributed by atoms with E-state index in [4.69, 9.17) is 0 Å². The van der Waals surface area contributed by atoms with Crippen LogP contribution in [0, 0.1) is 0 Å². The molecule has 0 aliphatic heterocycles. The van der Waals surface area contributed by atoms with Crippen molar-refractivity contribution in [1.82, 2.24) is 40.7 Å². The Kier molecular flexibility index (Phi) is 5.16. The summed E-state index contributed by atoms with van der Waals surface area (Å²) in [7, 11) is 0. The summed E-state index contributed by atoms with van der Waals surface area (Å²) in [5, 5.41) is 21.8. The third-order valence-corrected chi connectivity index (χ3v) is 4.00. The van der Waals surface area contributed by atoms with Gasteiger partial charge in [0.2, 0.25) is 11.1 Å². The van der Waals surface area contributed by atoms with Gasteiger partial charge < -0.3 is 5.32 Å². The number of nitrogens with one attached hydrogen (secondary N) is 2. The Bertz CT molecular complexity index is 800. The standard InChI is InChI=1S/C14H16N8OS/c1-2-11-16-14(19-17-11)24-9-13(23)15-8-12-18-20-21-22(12)10-6-4-3-5-7-10/h3-7H,2,8-9H2,1H3,(H,15,23)(H,16,17,19). The maximum absolute atomic E-state index is 12.0. The molecule has 24 heavy (non-hydrogen) atoms. The first-order valence-electron chi connectivity index (χ1n) is 7.39. The van der Waals surface area contributed by atoms with Crippen molar-refractivity contribution >= 4 is 17.7 Å². The summed E-state index contributed by atoms with van der Waals surface area (Å²) in [6.07, 6.45) is 0.780. The normalized spacial score (nSPS) is 10.7. The number of aryl methyl sites for hydroxylation is 1. The number of amides is 1. The summed E-state index contributed by atoms with van der Waals surface area (Å²) in [5.41, 5.74) is 0.842. The number of nitrogens with zero attached hydrogens (tertiary/aromatic N) is 6. The zero-order valence-electron chi connectivity index (χ0n) is 13.0. The summed E-state index contributed by atoms with van der Waals surface area (Å²) < 4.78 is 1.59. The van der Waals surface area contributed by atoms with Crippen LogP contribution in [0.3, 0.4) is 0 Å². The van der Waals surface area contributed by atoms with Gasteiger partial charge in [0.25, 0.3) is 0 Å². The minimum Gasteiger partial charge on any atom is -0.348 e. The fourth-order valence-corrected chi connectivity index (χ4v) is 2.59. The number of H-pyrrole nitrogens is 1. The summed E-state index contributed by atoms with van der Waals surface area (Å²) >= 11 is 1.28. The van der Waals surface area contributed by atoms with E-state index < -0.39 is 0 Å². The number of para-hydroxylation sites is 1. The Hall–Kier alpha value is -2.75. The molecule has 9 nitrogen and oxygen atoms in total. The molecule has 0 saturated carbocycles. The quantitative estimate of drug-likeness (QED) is 0.608. The van der Waals surface area contributed by atoms with E-state index in [1.54, 1.807) is 4.68 Å². The van der Waals surface area contributed by atoms with E-state index in [1.807, 2.05) is 37.3 Å². The second kappa shape index (κ2) is 7.68. The molecule has 3 aromatic rings. The van der Waals surface area contributed by atoms with Crippen molar-refractivity contribution in [3.05, 3.63) is 42.0 Å². The summed E-state index contributed by atoms with van der Waals surface area (Å²) in [4.78, 5) is 16.2. The minimum absolute atomic E-state index is 0.134. The predicted molar refractivity (Wildman–Crippen MR) is 87.5 cm³/mol. The van der Waals surface area contributed by atoms with Gasteiger partial charge in [0.1, 0.15) is 5.82 Å². The molecule has 0 bridgehead atoms. The van der Waals surface area contributed by atoms with Crippen LogP contribution in [0.4, 0.5) is 0 Å².